The number of para-hydroxylation sites is 1. The van der Waals surface area contributed by atoms with E-state index in [-0.39, 0.29) is 6.03 Å². The number of anilines is 1. The highest BCUT2D eigenvalue weighted by Crippen LogP contribution is 2.18. The number of hydrogen-bond acceptors (Lipinski definition) is 5. The first kappa shape index (κ1) is 19.0. The van der Waals surface area contributed by atoms with E-state index in [1.807, 2.05) is 12.1 Å². The van der Waals surface area contributed by atoms with Crippen molar-refractivity contribution in [3.8, 4) is 0 Å². The van der Waals surface area contributed by atoms with Crippen LogP contribution in [0.1, 0.15) is 29.5 Å². The normalized spacial score (nSPS) is 15.2. The van der Waals surface area contributed by atoms with E-state index in [2.05, 4.69) is 10.2 Å². The molecule has 0 saturated carbocycles. The molecule has 1 N–H and O–H groups in total. The average molecular weight is 371 g/mol. The zero-order valence-electron chi connectivity index (χ0n) is 15.5. The van der Waals surface area contributed by atoms with Crippen molar-refractivity contribution in [1.82, 2.24) is 9.80 Å². The van der Waals surface area contributed by atoms with Gasteiger partial charge in [-0.3, -0.25) is 4.90 Å². The van der Waals surface area contributed by atoms with Gasteiger partial charge >= 0.3 is 12.0 Å². The molecule has 0 radical (unpaired) electrons. The van der Waals surface area contributed by atoms with Crippen molar-refractivity contribution in [3.63, 3.8) is 0 Å². The fourth-order valence-electron chi connectivity index (χ4n) is 3.13. The van der Waals surface area contributed by atoms with E-state index in [9.17, 15) is 9.59 Å². The molecular formula is C20H25N3O4. The van der Waals surface area contributed by atoms with E-state index < -0.39 is 5.97 Å². The predicted octanol–water partition coefficient (Wildman–Crippen LogP) is 3.20. The maximum atomic E-state index is 12.7. The van der Waals surface area contributed by atoms with Crippen LogP contribution in [0, 0.1) is 0 Å². The van der Waals surface area contributed by atoms with E-state index in [1.54, 1.807) is 42.4 Å². The third-order valence-electron chi connectivity index (χ3n) is 4.50. The summed E-state index contributed by atoms with van der Waals surface area (Å²) in [6.45, 7) is 5.76. The molecule has 2 aromatic rings. The van der Waals surface area contributed by atoms with Gasteiger partial charge in [-0.2, -0.15) is 0 Å². The lowest BCUT2D eigenvalue weighted by molar-refractivity contribution is 0.0527. The summed E-state index contributed by atoms with van der Waals surface area (Å²) >= 11 is 0. The number of rotatable bonds is 5. The van der Waals surface area contributed by atoms with Gasteiger partial charge in [0.1, 0.15) is 5.76 Å². The van der Waals surface area contributed by atoms with Crippen LogP contribution in [-0.4, -0.2) is 54.6 Å². The lowest BCUT2D eigenvalue weighted by Crippen LogP contribution is -2.38. The molecule has 3 rings (SSSR count). The third-order valence-corrected chi connectivity index (χ3v) is 4.50. The summed E-state index contributed by atoms with van der Waals surface area (Å²) in [7, 11) is 0. The van der Waals surface area contributed by atoms with Crippen LogP contribution in [0.25, 0.3) is 0 Å². The average Bonchev–Trinajstić information content (AvgIpc) is 3.06. The number of carbonyl (C=O) groups is 2. The fraction of sp³-hybridized carbons (Fsp3) is 0.400. The van der Waals surface area contributed by atoms with Crippen LogP contribution in [0.5, 0.6) is 0 Å². The molecule has 1 fully saturated rings. The number of nitrogens with one attached hydrogen (secondary N) is 1. The number of carbonyl (C=O) groups excluding carboxylic acids is 2. The van der Waals surface area contributed by atoms with Gasteiger partial charge < -0.3 is 19.4 Å². The summed E-state index contributed by atoms with van der Waals surface area (Å²) in [4.78, 5) is 28.8. The molecule has 0 unspecified atom stereocenters. The lowest BCUT2D eigenvalue weighted by Gasteiger charge is -2.22. The largest absolute Gasteiger partial charge is 0.468 e. The van der Waals surface area contributed by atoms with E-state index >= 15 is 0 Å². The van der Waals surface area contributed by atoms with Crippen molar-refractivity contribution in [2.45, 2.75) is 19.9 Å². The van der Waals surface area contributed by atoms with Gasteiger partial charge in [0.25, 0.3) is 0 Å². The molecule has 0 aliphatic carbocycles. The molecule has 0 spiro atoms. The number of hydrogen-bond donors (Lipinski definition) is 1. The minimum absolute atomic E-state index is 0.202. The Labute approximate surface area is 158 Å². The van der Waals surface area contributed by atoms with E-state index in [0.29, 0.717) is 30.9 Å². The van der Waals surface area contributed by atoms with Crippen molar-refractivity contribution in [2.24, 2.45) is 0 Å². The standard InChI is InChI=1S/C20H25N3O4/c1-2-26-19(24)17-8-3-4-9-18(17)21-20(25)23-11-6-10-22(12-13-23)15-16-7-5-14-27-16/h3-5,7-9,14H,2,6,10-13,15H2,1H3,(H,21,25). The van der Waals surface area contributed by atoms with Crippen molar-refractivity contribution in [1.29, 1.82) is 0 Å². The second-order valence-corrected chi connectivity index (χ2v) is 6.39. The molecule has 7 heteroatoms. The number of benzene rings is 1. The minimum atomic E-state index is -0.436. The molecule has 1 aliphatic heterocycles. The van der Waals surface area contributed by atoms with E-state index in [0.717, 1.165) is 31.8 Å². The van der Waals surface area contributed by atoms with Gasteiger partial charge in [0.05, 0.1) is 30.7 Å². The SMILES string of the molecule is CCOC(=O)c1ccccc1NC(=O)N1CCCN(Cc2ccco2)CC1. The van der Waals surface area contributed by atoms with Crippen LogP contribution < -0.4 is 5.32 Å². The fourth-order valence-corrected chi connectivity index (χ4v) is 3.13. The molecule has 2 amide bonds. The molecule has 144 valence electrons. The van der Waals surface area contributed by atoms with Crippen LogP contribution in [0.3, 0.4) is 0 Å². The van der Waals surface area contributed by atoms with Gasteiger partial charge in [0, 0.05) is 26.2 Å². The van der Waals surface area contributed by atoms with E-state index in [4.69, 9.17) is 9.15 Å². The van der Waals surface area contributed by atoms with Gasteiger partial charge in [-0.25, -0.2) is 9.59 Å². The number of amides is 2. The highest BCUT2D eigenvalue weighted by molar-refractivity contribution is 6.00. The molecule has 1 aromatic heterocycles. The van der Waals surface area contributed by atoms with Crippen molar-refractivity contribution in [2.75, 3.05) is 38.1 Å². The first-order valence-corrected chi connectivity index (χ1v) is 9.24. The molecule has 2 heterocycles. The number of nitrogens with zero attached hydrogens (tertiary/aromatic N) is 2. The van der Waals surface area contributed by atoms with Gasteiger partial charge in [-0.1, -0.05) is 12.1 Å². The van der Waals surface area contributed by atoms with Crippen molar-refractivity contribution in [3.05, 3.63) is 54.0 Å². The highest BCUT2D eigenvalue weighted by Gasteiger charge is 2.21. The Morgan fingerprint density at radius 3 is 2.74 bits per heavy atom. The molecular weight excluding hydrogens is 346 g/mol. The number of esters is 1. The van der Waals surface area contributed by atoms with Crippen molar-refractivity contribution < 1.29 is 18.7 Å². The Hall–Kier alpha value is -2.80. The van der Waals surface area contributed by atoms with E-state index in [1.165, 1.54) is 0 Å². The van der Waals surface area contributed by atoms with Gasteiger partial charge in [-0.15, -0.1) is 0 Å². The summed E-state index contributed by atoms with van der Waals surface area (Å²) in [5, 5.41) is 2.86. The Morgan fingerprint density at radius 1 is 1.11 bits per heavy atom. The highest BCUT2D eigenvalue weighted by atomic mass is 16.5. The first-order chi connectivity index (χ1) is 13.2. The molecule has 1 aromatic carbocycles. The predicted molar refractivity (Wildman–Crippen MR) is 102 cm³/mol. The second-order valence-electron chi connectivity index (χ2n) is 6.39. The second kappa shape index (κ2) is 9.23. The molecule has 0 bridgehead atoms. The molecule has 1 saturated heterocycles. The summed E-state index contributed by atoms with van der Waals surface area (Å²) in [5.74, 6) is 0.491. The monoisotopic (exact) mass is 371 g/mol. The smallest absolute Gasteiger partial charge is 0.340 e. The summed E-state index contributed by atoms with van der Waals surface area (Å²) in [5.41, 5.74) is 0.833. The number of furan rings is 1. The Bertz CT molecular complexity index is 760. The molecule has 1 aliphatic rings. The number of ether oxygens (including phenoxy) is 1. The Kier molecular flexibility index (Phi) is 6.49. The summed E-state index contributed by atoms with van der Waals surface area (Å²) in [6.07, 6.45) is 2.56. The van der Waals surface area contributed by atoms with Crippen LogP contribution in [0.4, 0.5) is 10.5 Å². The quantitative estimate of drug-likeness (QED) is 0.817. The third kappa shape index (κ3) is 5.10. The first-order valence-electron chi connectivity index (χ1n) is 9.24. The zero-order valence-corrected chi connectivity index (χ0v) is 15.5. The maximum absolute atomic E-state index is 12.7. The van der Waals surface area contributed by atoms with Crippen molar-refractivity contribution >= 4 is 17.7 Å². The van der Waals surface area contributed by atoms with Crippen LogP contribution in [0.15, 0.2) is 47.1 Å². The van der Waals surface area contributed by atoms with Gasteiger partial charge in [0.2, 0.25) is 0 Å². The van der Waals surface area contributed by atoms with Crippen LogP contribution in [0.2, 0.25) is 0 Å². The molecule has 7 nitrogen and oxygen atoms in total. The Morgan fingerprint density at radius 2 is 1.96 bits per heavy atom. The summed E-state index contributed by atoms with van der Waals surface area (Å²) < 4.78 is 10.5. The zero-order chi connectivity index (χ0) is 19.1. The number of urea groups is 1. The minimum Gasteiger partial charge on any atom is -0.468 e. The maximum Gasteiger partial charge on any atom is 0.340 e. The van der Waals surface area contributed by atoms with Gasteiger partial charge in [0.15, 0.2) is 0 Å². The molecule has 0 atom stereocenters. The van der Waals surface area contributed by atoms with Crippen LogP contribution >= 0.6 is 0 Å². The summed E-state index contributed by atoms with van der Waals surface area (Å²) in [6, 6.07) is 10.5. The molecule has 27 heavy (non-hydrogen) atoms. The topological polar surface area (TPSA) is 75.0 Å². The Balaban J connectivity index is 1.59. The lowest BCUT2D eigenvalue weighted by atomic mass is 10.2. The van der Waals surface area contributed by atoms with Gasteiger partial charge in [-0.05, 0) is 37.6 Å². The van der Waals surface area contributed by atoms with Crippen LogP contribution in [-0.2, 0) is 11.3 Å².